The van der Waals surface area contributed by atoms with Crippen molar-refractivity contribution in [2.24, 2.45) is 0 Å². The molecule has 1 N–H and O–H groups in total. The van der Waals surface area contributed by atoms with E-state index in [-0.39, 0.29) is 11.9 Å². The SMILES string of the molecule is COc1ncccc1C(=O)NC1CCN(C2CCS(=O)(=O)CC2)CC1. The number of piperidine rings is 1. The number of hydrogen-bond acceptors (Lipinski definition) is 6. The van der Waals surface area contributed by atoms with Crippen molar-refractivity contribution in [1.29, 1.82) is 0 Å². The van der Waals surface area contributed by atoms with Gasteiger partial charge < -0.3 is 15.0 Å². The van der Waals surface area contributed by atoms with Gasteiger partial charge in [-0.3, -0.25) is 4.79 Å². The molecule has 0 spiro atoms. The molecule has 2 aliphatic heterocycles. The maximum absolute atomic E-state index is 12.4. The van der Waals surface area contributed by atoms with Gasteiger partial charge in [-0.2, -0.15) is 0 Å². The van der Waals surface area contributed by atoms with Gasteiger partial charge in [-0.15, -0.1) is 0 Å². The predicted molar refractivity (Wildman–Crippen MR) is 94.5 cm³/mol. The van der Waals surface area contributed by atoms with Crippen LogP contribution in [0, 0.1) is 0 Å². The number of sulfone groups is 1. The van der Waals surface area contributed by atoms with Gasteiger partial charge in [-0.1, -0.05) is 0 Å². The molecule has 2 saturated heterocycles. The molecule has 0 unspecified atom stereocenters. The number of nitrogens with zero attached hydrogens (tertiary/aromatic N) is 2. The van der Waals surface area contributed by atoms with Crippen LogP contribution in [0.2, 0.25) is 0 Å². The average Bonchev–Trinajstić information content (AvgIpc) is 2.62. The number of carbonyl (C=O) groups excluding carboxylic acids is 1. The maximum atomic E-state index is 12.4. The molecule has 1 aromatic rings. The van der Waals surface area contributed by atoms with Crippen molar-refractivity contribution < 1.29 is 17.9 Å². The molecule has 0 saturated carbocycles. The van der Waals surface area contributed by atoms with Crippen LogP contribution in [-0.2, 0) is 9.84 Å². The summed E-state index contributed by atoms with van der Waals surface area (Å²) in [6, 6.07) is 3.91. The molecule has 138 valence electrons. The molecular weight excluding hydrogens is 342 g/mol. The number of aromatic nitrogens is 1. The number of hydrogen-bond donors (Lipinski definition) is 1. The number of ether oxygens (including phenoxy) is 1. The molecular formula is C17H25N3O4S. The summed E-state index contributed by atoms with van der Waals surface area (Å²) in [4.78, 5) is 18.9. The Labute approximate surface area is 148 Å². The average molecular weight is 367 g/mol. The van der Waals surface area contributed by atoms with E-state index in [4.69, 9.17) is 4.74 Å². The summed E-state index contributed by atoms with van der Waals surface area (Å²) in [5, 5.41) is 3.06. The van der Waals surface area contributed by atoms with Crippen LogP contribution < -0.4 is 10.1 Å². The van der Waals surface area contributed by atoms with E-state index in [1.54, 1.807) is 18.3 Å². The number of rotatable bonds is 4. The molecule has 0 bridgehead atoms. The summed E-state index contributed by atoms with van der Waals surface area (Å²) in [6.07, 6.45) is 4.80. The number of pyridine rings is 1. The third kappa shape index (κ3) is 4.49. The second kappa shape index (κ2) is 7.70. The van der Waals surface area contributed by atoms with Gasteiger partial charge in [0.25, 0.3) is 5.91 Å². The minimum atomic E-state index is -2.82. The Morgan fingerprint density at radius 2 is 1.92 bits per heavy atom. The zero-order valence-corrected chi connectivity index (χ0v) is 15.3. The van der Waals surface area contributed by atoms with E-state index in [1.807, 2.05) is 0 Å². The Morgan fingerprint density at radius 1 is 1.24 bits per heavy atom. The van der Waals surface area contributed by atoms with Gasteiger partial charge in [0.05, 0.1) is 18.6 Å². The van der Waals surface area contributed by atoms with Crippen molar-refractivity contribution in [3.8, 4) is 5.88 Å². The van der Waals surface area contributed by atoms with Gasteiger partial charge >= 0.3 is 0 Å². The smallest absolute Gasteiger partial charge is 0.256 e. The van der Waals surface area contributed by atoms with E-state index in [2.05, 4.69) is 15.2 Å². The molecule has 8 heteroatoms. The number of methoxy groups -OCH3 is 1. The molecule has 3 rings (SSSR count). The highest BCUT2D eigenvalue weighted by Crippen LogP contribution is 2.22. The fourth-order valence-corrected chi connectivity index (χ4v) is 5.11. The van der Waals surface area contributed by atoms with Crippen molar-refractivity contribution >= 4 is 15.7 Å². The fourth-order valence-electron chi connectivity index (χ4n) is 3.64. The molecule has 3 heterocycles. The molecule has 0 aromatic carbocycles. The first-order valence-electron chi connectivity index (χ1n) is 8.73. The van der Waals surface area contributed by atoms with Gasteiger partial charge in [-0.05, 0) is 37.8 Å². The first-order chi connectivity index (χ1) is 12.0. The van der Waals surface area contributed by atoms with Crippen LogP contribution in [0.15, 0.2) is 18.3 Å². The second-order valence-corrected chi connectivity index (χ2v) is 9.03. The van der Waals surface area contributed by atoms with E-state index < -0.39 is 9.84 Å². The predicted octanol–water partition coefficient (Wildman–Crippen LogP) is 0.862. The van der Waals surface area contributed by atoms with Crippen molar-refractivity contribution in [3.63, 3.8) is 0 Å². The van der Waals surface area contributed by atoms with Crippen LogP contribution in [0.1, 0.15) is 36.0 Å². The van der Waals surface area contributed by atoms with Gasteiger partial charge in [-0.25, -0.2) is 13.4 Å². The normalized spacial score (nSPS) is 22.4. The Hall–Kier alpha value is -1.67. The quantitative estimate of drug-likeness (QED) is 0.849. The highest BCUT2D eigenvalue weighted by Gasteiger charge is 2.31. The molecule has 7 nitrogen and oxygen atoms in total. The minimum absolute atomic E-state index is 0.126. The summed E-state index contributed by atoms with van der Waals surface area (Å²) < 4.78 is 28.3. The second-order valence-electron chi connectivity index (χ2n) is 6.73. The van der Waals surface area contributed by atoms with Crippen molar-refractivity contribution in [2.75, 3.05) is 31.7 Å². The number of nitrogens with one attached hydrogen (secondary N) is 1. The third-order valence-corrected chi connectivity index (χ3v) is 6.83. The Morgan fingerprint density at radius 3 is 2.56 bits per heavy atom. The van der Waals surface area contributed by atoms with Gasteiger partial charge in [0.2, 0.25) is 5.88 Å². The molecule has 0 radical (unpaired) electrons. The van der Waals surface area contributed by atoms with E-state index in [9.17, 15) is 13.2 Å². The molecule has 25 heavy (non-hydrogen) atoms. The Kier molecular flexibility index (Phi) is 5.58. The summed E-state index contributed by atoms with van der Waals surface area (Å²) >= 11 is 0. The molecule has 0 atom stereocenters. The summed E-state index contributed by atoms with van der Waals surface area (Å²) in [5.74, 6) is 0.776. The lowest BCUT2D eigenvalue weighted by molar-refractivity contribution is 0.0881. The first-order valence-corrected chi connectivity index (χ1v) is 10.5. The van der Waals surface area contributed by atoms with E-state index >= 15 is 0 Å². The van der Waals surface area contributed by atoms with E-state index in [0.717, 1.165) is 38.8 Å². The number of carbonyl (C=O) groups is 1. The Bertz CT molecular complexity index is 700. The maximum Gasteiger partial charge on any atom is 0.256 e. The van der Waals surface area contributed by atoms with E-state index in [0.29, 0.717) is 29.0 Å². The topological polar surface area (TPSA) is 88.6 Å². The molecule has 1 aromatic heterocycles. The van der Waals surface area contributed by atoms with Crippen molar-refractivity contribution in [1.82, 2.24) is 15.2 Å². The van der Waals surface area contributed by atoms with Gasteiger partial charge in [0.1, 0.15) is 15.4 Å². The van der Waals surface area contributed by atoms with E-state index in [1.165, 1.54) is 7.11 Å². The monoisotopic (exact) mass is 367 g/mol. The number of likely N-dealkylation sites (tertiary alicyclic amines) is 1. The van der Waals surface area contributed by atoms with Crippen molar-refractivity contribution in [2.45, 2.75) is 37.8 Å². The molecule has 1 amide bonds. The molecule has 0 aliphatic carbocycles. The zero-order valence-electron chi connectivity index (χ0n) is 14.5. The first kappa shape index (κ1) is 18.1. The Balaban J connectivity index is 1.50. The van der Waals surface area contributed by atoms with Crippen LogP contribution in [0.3, 0.4) is 0 Å². The lowest BCUT2D eigenvalue weighted by Crippen LogP contribution is -2.49. The van der Waals surface area contributed by atoms with Crippen LogP contribution in [0.5, 0.6) is 5.88 Å². The summed E-state index contributed by atoms with van der Waals surface area (Å²) in [6.45, 7) is 1.78. The largest absolute Gasteiger partial charge is 0.480 e. The standard InChI is InChI=1S/C17H25N3O4S/c1-24-17-15(3-2-8-18-17)16(21)19-13-4-9-20(10-5-13)14-6-11-25(22,23)12-7-14/h2-3,8,13-14H,4-7,9-12H2,1H3,(H,19,21). The van der Waals surface area contributed by atoms with Crippen LogP contribution >= 0.6 is 0 Å². The lowest BCUT2D eigenvalue weighted by atomic mass is 10.0. The van der Waals surface area contributed by atoms with Crippen LogP contribution in [0.25, 0.3) is 0 Å². The van der Waals surface area contributed by atoms with Crippen LogP contribution in [0.4, 0.5) is 0 Å². The summed E-state index contributed by atoms with van der Waals surface area (Å²) in [7, 11) is -1.32. The third-order valence-electron chi connectivity index (χ3n) is 5.11. The van der Waals surface area contributed by atoms with Crippen LogP contribution in [-0.4, -0.2) is 68.0 Å². The highest BCUT2D eigenvalue weighted by molar-refractivity contribution is 7.91. The van der Waals surface area contributed by atoms with Gasteiger partial charge in [0, 0.05) is 31.4 Å². The highest BCUT2D eigenvalue weighted by atomic mass is 32.2. The zero-order chi connectivity index (χ0) is 17.9. The molecule has 2 fully saturated rings. The minimum Gasteiger partial charge on any atom is -0.480 e. The lowest BCUT2D eigenvalue weighted by Gasteiger charge is -2.39. The van der Waals surface area contributed by atoms with Gasteiger partial charge in [0.15, 0.2) is 0 Å². The summed E-state index contributed by atoms with van der Waals surface area (Å²) in [5.41, 5.74) is 0.449. The molecule has 2 aliphatic rings. The number of amides is 1. The fraction of sp³-hybridized carbons (Fsp3) is 0.647. The van der Waals surface area contributed by atoms with Crippen molar-refractivity contribution in [3.05, 3.63) is 23.9 Å².